The van der Waals surface area contributed by atoms with E-state index in [1.165, 1.54) is 12.3 Å². The van der Waals surface area contributed by atoms with Gasteiger partial charge in [0, 0.05) is 18.4 Å². The number of hydrogen-bond donors (Lipinski definition) is 0. The molecule has 3 heterocycles. The molecule has 2 aliphatic rings. The summed E-state index contributed by atoms with van der Waals surface area (Å²) >= 11 is 0. The van der Waals surface area contributed by atoms with Crippen LogP contribution < -0.4 is 4.90 Å². The molecule has 7 heteroatoms. The first-order chi connectivity index (χ1) is 12.9. The minimum Gasteiger partial charge on any atom is -0.376 e. The highest BCUT2D eigenvalue weighted by Gasteiger charge is 2.32. The van der Waals surface area contributed by atoms with Crippen LogP contribution in [-0.4, -0.2) is 30.1 Å². The average Bonchev–Trinajstić information content (AvgIpc) is 2.97. The number of halogens is 3. The van der Waals surface area contributed by atoms with Crippen molar-refractivity contribution in [3.63, 3.8) is 0 Å². The molecule has 4 rings (SSSR count). The van der Waals surface area contributed by atoms with Crippen LogP contribution in [0, 0.1) is 0 Å². The molecule has 27 heavy (non-hydrogen) atoms. The van der Waals surface area contributed by atoms with Crippen molar-refractivity contribution in [1.29, 1.82) is 0 Å². The van der Waals surface area contributed by atoms with Crippen LogP contribution in [0.4, 0.5) is 18.9 Å². The molecule has 2 aromatic rings. The lowest BCUT2D eigenvalue weighted by atomic mass is 10.0. The van der Waals surface area contributed by atoms with Gasteiger partial charge in [0.25, 0.3) is 0 Å². The van der Waals surface area contributed by atoms with Gasteiger partial charge in [-0.1, -0.05) is 12.1 Å². The van der Waals surface area contributed by atoms with E-state index in [1.54, 1.807) is 17.0 Å². The molecular weight excluding hydrogens is 357 g/mol. The molecule has 0 N–H and O–H groups in total. The van der Waals surface area contributed by atoms with Crippen molar-refractivity contribution in [2.45, 2.75) is 38.0 Å². The van der Waals surface area contributed by atoms with Crippen LogP contribution in [-0.2, 0) is 22.1 Å². The number of amides is 1. The number of nitrogens with zero attached hydrogens (tertiary/aromatic N) is 2. The van der Waals surface area contributed by atoms with E-state index >= 15 is 0 Å². The molecule has 1 atom stereocenters. The van der Waals surface area contributed by atoms with Gasteiger partial charge in [-0.3, -0.25) is 9.78 Å². The quantitative estimate of drug-likeness (QED) is 0.805. The van der Waals surface area contributed by atoms with Crippen LogP contribution in [0.5, 0.6) is 0 Å². The minimum atomic E-state index is -4.40. The minimum absolute atomic E-state index is 0.00846. The zero-order valence-corrected chi connectivity index (χ0v) is 14.6. The summed E-state index contributed by atoms with van der Waals surface area (Å²) < 4.78 is 44.7. The van der Waals surface area contributed by atoms with Crippen molar-refractivity contribution in [2.75, 3.05) is 18.1 Å². The number of carbonyl (C=O) groups is 1. The lowest BCUT2D eigenvalue weighted by Gasteiger charge is -2.27. The maximum atomic E-state index is 13.0. The van der Waals surface area contributed by atoms with Crippen LogP contribution in [0.1, 0.15) is 30.5 Å². The fourth-order valence-corrected chi connectivity index (χ4v) is 3.61. The first-order valence-electron chi connectivity index (χ1n) is 9.00. The monoisotopic (exact) mass is 376 g/mol. The van der Waals surface area contributed by atoms with Gasteiger partial charge >= 0.3 is 6.18 Å². The third-order valence-electron chi connectivity index (χ3n) is 5.04. The summed E-state index contributed by atoms with van der Waals surface area (Å²) in [6, 6.07) is 6.90. The third kappa shape index (κ3) is 3.69. The number of rotatable bonds is 3. The zero-order chi connectivity index (χ0) is 19.0. The number of aromatic nitrogens is 1. The summed E-state index contributed by atoms with van der Waals surface area (Å²) in [5, 5.41) is 0. The molecule has 0 saturated carbocycles. The lowest BCUT2D eigenvalue weighted by molar-refractivity contribution is -0.137. The van der Waals surface area contributed by atoms with Gasteiger partial charge in [-0.15, -0.1) is 0 Å². The molecule has 1 aromatic heterocycles. The van der Waals surface area contributed by atoms with Gasteiger partial charge < -0.3 is 9.64 Å². The molecule has 1 fully saturated rings. The molecule has 4 nitrogen and oxygen atoms in total. The van der Waals surface area contributed by atoms with Gasteiger partial charge in [-0.05, 0) is 43.0 Å². The Kier molecular flexibility index (Phi) is 4.63. The topological polar surface area (TPSA) is 42.4 Å². The van der Waals surface area contributed by atoms with E-state index in [9.17, 15) is 18.0 Å². The fraction of sp³-hybridized carbons (Fsp3) is 0.400. The van der Waals surface area contributed by atoms with E-state index in [-0.39, 0.29) is 18.4 Å². The van der Waals surface area contributed by atoms with Crippen molar-refractivity contribution in [3.8, 4) is 11.1 Å². The molecule has 0 radical (unpaired) electrons. The molecule has 2 aliphatic heterocycles. The normalized spacial score (nSPS) is 20.0. The van der Waals surface area contributed by atoms with Crippen molar-refractivity contribution >= 4 is 11.6 Å². The summed E-state index contributed by atoms with van der Waals surface area (Å²) in [4.78, 5) is 18.4. The SMILES string of the molecule is O=C1Cc2ncc(-c3cccc(C(F)(F)F)c3)cc2N1CC1CCCCO1. The maximum Gasteiger partial charge on any atom is 0.416 e. The first kappa shape index (κ1) is 18.0. The number of alkyl halides is 3. The smallest absolute Gasteiger partial charge is 0.376 e. The number of pyridine rings is 1. The Bertz CT molecular complexity index is 861. The molecule has 1 saturated heterocycles. The molecule has 0 spiro atoms. The Morgan fingerprint density at radius 3 is 2.78 bits per heavy atom. The second kappa shape index (κ2) is 6.96. The lowest BCUT2D eigenvalue weighted by Crippen LogP contribution is -2.37. The van der Waals surface area contributed by atoms with Crippen molar-refractivity contribution in [3.05, 3.63) is 47.8 Å². The average molecular weight is 376 g/mol. The predicted molar refractivity (Wildman–Crippen MR) is 94.3 cm³/mol. The van der Waals surface area contributed by atoms with E-state index in [4.69, 9.17) is 4.74 Å². The summed E-state index contributed by atoms with van der Waals surface area (Å²) in [5.41, 5.74) is 1.61. The van der Waals surface area contributed by atoms with Crippen LogP contribution in [0.15, 0.2) is 36.5 Å². The standard InChI is InChI=1S/C20H19F3N2O2/c21-20(22,23)15-5-3-4-13(8-15)14-9-18-17(24-11-14)10-19(26)25(18)12-16-6-1-2-7-27-16/h3-5,8-9,11,16H,1-2,6-7,10,12H2. The van der Waals surface area contributed by atoms with Gasteiger partial charge in [0.1, 0.15) is 0 Å². The summed E-state index contributed by atoms with van der Waals surface area (Å²) in [5.74, 6) is -0.0483. The molecule has 1 aromatic carbocycles. The molecule has 1 amide bonds. The number of benzene rings is 1. The number of carbonyl (C=O) groups excluding carboxylic acids is 1. The van der Waals surface area contributed by atoms with Crippen LogP contribution in [0.3, 0.4) is 0 Å². The van der Waals surface area contributed by atoms with Gasteiger partial charge in [0.05, 0.1) is 36.0 Å². The molecule has 1 unspecified atom stereocenters. The second-order valence-electron chi connectivity index (χ2n) is 6.94. The van der Waals surface area contributed by atoms with Crippen molar-refractivity contribution < 1.29 is 22.7 Å². The zero-order valence-electron chi connectivity index (χ0n) is 14.6. The van der Waals surface area contributed by atoms with E-state index in [2.05, 4.69) is 4.98 Å². The molecule has 142 valence electrons. The summed E-state index contributed by atoms with van der Waals surface area (Å²) in [6.07, 6.45) is 0.337. The van der Waals surface area contributed by atoms with E-state index < -0.39 is 11.7 Å². The predicted octanol–water partition coefficient (Wildman–Crippen LogP) is 4.23. The second-order valence-corrected chi connectivity index (χ2v) is 6.94. The van der Waals surface area contributed by atoms with Crippen LogP contribution in [0.25, 0.3) is 11.1 Å². The largest absolute Gasteiger partial charge is 0.416 e. The van der Waals surface area contributed by atoms with Crippen LogP contribution in [0.2, 0.25) is 0 Å². The van der Waals surface area contributed by atoms with E-state index in [0.717, 1.165) is 31.4 Å². The van der Waals surface area contributed by atoms with E-state index in [1.807, 2.05) is 0 Å². The fourth-order valence-electron chi connectivity index (χ4n) is 3.61. The highest BCUT2D eigenvalue weighted by Crippen LogP contribution is 2.35. The molecule has 0 aliphatic carbocycles. The van der Waals surface area contributed by atoms with Gasteiger partial charge in [0.2, 0.25) is 5.91 Å². The Morgan fingerprint density at radius 2 is 2.04 bits per heavy atom. The first-order valence-corrected chi connectivity index (χ1v) is 9.00. The third-order valence-corrected chi connectivity index (χ3v) is 5.04. The Morgan fingerprint density at radius 1 is 1.19 bits per heavy atom. The molecule has 0 bridgehead atoms. The van der Waals surface area contributed by atoms with E-state index in [0.29, 0.717) is 35.7 Å². The number of hydrogen-bond acceptors (Lipinski definition) is 3. The van der Waals surface area contributed by atoms with Crippen molar-refractivity contribution in [2.24, 2.45) is 0 Å². The van der Waals surface area contributed by atoms with Crippen LogP contribution >= 0.6 is 0 Å². The van der Waals surface area contributed by atoms with Gasteiger partial charge in [-0.25, -0.2) is 0 Å². The summed E-state index contributed by atoms with van der Waals surface area (Å²) in [7, 11) is 0. The number of anilines is 1. The van der Waals surface area contributed by atoms with Gasteiger partial charge in [0.15, 0.2) is 0 Å². The highest BCUT2D eigenvalue weighted by atomic mass is 19.4. The molecular formula is C20H19F3N2O2. The highest BCUT2D eigenvalue weighted by molar-refractivity contribution is 6.01. The maximum absolute atomic E-state index is 13.0. The van der Waals surface area contributed by atoms with Crippen molar-refractivity contribution in [1.82, 2.24) is 4.98 Å². The number of ether oxygens (including phenoxy) is 1. The van der Waals surface area contributed by atoms with Gasteiger partial charge in [-0.2, -0.15) is 13.2 Å². The Balaban J connectivity index is 1.64. The Hall–Kier alpha value is -2.41. The Labute approximate surface area is 155 Å². The summed E-state index contributed by atoms with van der Waals surface area (Å²) in [6.45, 7) is 1.15. The number of fused-ring (bicyclic) bond motifs is 1.